The summed E-state index contributed by atoms with van der Waals surface area (Å²) in [7, 11) is 12.4. The third-order valence-corrected chi connectivity index (χ3v) is 19.4. The van der Waals surface area contributed by atoms with E-state index < -0.39 is 17.9 Å². The topological polar surface area (TPSA) is 0 Å². The summed E-state index contributed by atoms with van der Waals surface area (Å²) < 4.78 is 1.06. The Balaban J connectivity index is 4.01. The quantitative estimate of drug-likeness (QED) is 0.690. The van der Waals surface area contributed by atoms with Crippen molar-refractivity contribution in [2.75, 3.05) is 0 Å². The standard InChI is InChI=1S/2C3H7.2ClH.Zr/c2*1-3-2;;;/h2*3H,1-2H3;2*1H;/q;;;;+2/p-2. The molecule has 0 atom stereocenters. The zero-order chi connectivity index (χ0) is 7.65. The van der Waals surface area contributed by atoms with E-state index in [4.69, 9.17) is 17.0 Å². The van der Waals surface area contributed by atoms with E-state index in [1.165, 1.54) is 0 Å². The van der Waals surface area contributed by atoms with Crippen LogP contribution in [0.2, 0.25) is 7.25 Å². The fourth-order valence-electron chi connectivity index (χ4n) is 0.667. The van der Waals surface area contributed by atoms with Crippen molar-refractivity contribution in [3.05, 3.63) is 0 Å². The third kappa shape index (κ3) is 2.91. The molecule has 0 heterocycles. The van der Waals surface area contributed by atoms with Gasteiger partial charge < -0.3 is 0 Å². The van der Waals surface area contributed by atoms with Crippen LogP contribution in [0.1, 0.15) is 27.7 Å². The molecule has 0 saturated carbocycles. The molecule has 0 N–H and O–H groups in total. The molecule has 9 heavy (non-hydrogen) atoms. The Morgan fingerprint density at radius 1 is 0.889 bits per heavy atom. The van der Waals surface area contributed by atoms with Gasteiger partial charge in [-0.05, 0) is 0 Å². The number of hydrogen-bond acceptors (Lipinski definition) is 0. The summed E-state index contributed by atoms with van der Waals surface area (Å²) in [4.78, 5) is 0. The van der Waals surface area contributed by atoms with Crippen LogP contribution in [0.25, 0.3) is 0 Å². The molecule has 0 aliphatic rings. The van der Waals surface area contributed by atoms with E-state index in [9.17, 15) is 0 Å². The molecule has 0 radical (unpaired) electrons. The van der Waals surface area contributed by atoms with Gasteiger partial charge in [0, 0.05) is 0 Å². The van der Waals surface area contributed by atoms with E-state index in [0.29, 0.717) is 7.25 Å². The fraction of sp³-hybridized carbons (Fsp3) is 1.00. The van der Waals surface area contributed by atoms with Crippen LogP contribution in [0.3, 0.4) is 0 Å². The van der Waals surface area contributed by atoms with Crippen LogP contribution in [0.5, 0.6) is 0 Å². The SMILES string of the molecule is C[CH](C)[Zr]([Cl])([Cl])[CH](C)C. The van der Waals surface area contributed by atoms with E-state index in [-0.39, 0.29) is 0 Å². The Morgan fingerprint density at radius 2 is 1.11 bits per heavy atom. The molecule has 0 nitrogen and oxygen atoms in total. The number of halogens is 2. The molecule has 0 unspecified atom stereocenters. The summed E-state index contributed by atoms with van der Waals surface area (Å²) in [5.41, 5.74) is 0. The first-order valence-electron chi connectivity index (χ1n) is 3.26. The monoisotopic (exact) mass is 246 g/mol. The normalized spacial score (nSPS) is 13.3. The minimum atomic E-state index is -2.61. The van der Waals surface area contributed by atoms with Crippen molar-refractivity contribution in [3.63, 3.8) is 0 Å². The predicted molar refractivity (Wildman–Crippen MR) is 41.9 cm³/mol. The molecule has 0 rings (SSSR count). The van der Waals surface area contributed by atoms with Crippen LogP contribution < -0.4 is 0 Å². The number of hydrogen-bond donors (Lipinski definition) is 0. The van der Waals surface area contributed by atoms with Crippen LogP contribution in [-0.4, -0.2) is 0 Å². The Hall–Kier alpha value is 1.46. The van der Waals surface area contributed by atoms with Crippen molar-refractivity contribution in [3.8, 4) is 0 Å². The van der Waals surface area contributed by atoms with Crippen molar-refractivity contribution < 1.29 is 17.9 Å². The maximum atomic E-state index is 6.18. The molecule has 3 heteroatoms. The molecule has 0 aliphatic carbocycles. The van der Waals surface area contributed by atoms with Crippen molar-refractivity contribution in [2.45, 2.75) is 34.9 Å². The summed E-state index contributed by atoms with van der Waals surface area (Å²) in [5.74, 6) is 0. The fourth-order valence-corrected chi connectivity index (χ4v) is 3.94. The molecule has 0 aromatic heterocycles. The molecule has 0 bridgehead atoms. The van der Waals surface area contributed by atoms with Gasteiger partial charge in [0.15, 0.2) is 0 Å². The molecule has 0 aromatic rings. The van der Waals surface area contributed by atoms with Crippen LogP contribution in [-0.2, 0) is 17.9 Å². The van der Waals surface area contributed by atoms with Gasteiger partial charge in [0.1, 0.15) is 0 Å². The molecular formula is C6H14Cl2Zr. The molecule has 0 spiro atoms. The van der Waals surface area contributed by atoms with Crippen LogP contribution in [0.4, 0.5) is 0 Å². The summed E-state index contributed by atoms with van der Waals surface area (Å²) in [6.07, 6.45) is 0. The van der Waals surface area contributed by atoms with Crippen LogP contribution in [0.15, 0.2) is 0 Å². The first-order valence-corrected chi connectivity index (χ1v) is 12.4. The van der Waals surface area contributed by atoms with Gasteiger partial charge in [0.05, 0.1) is 0 Å². The average molecular weight is 248 g/mol. The van der Waals surface area contributed by atoms with E-state index in [0.717, 1.165) is 0 Å². The first kappa shape index (κ1) is 10.5. The van der Waals surface area contributed by atoms with Crippen molar-refractivity contribution in [2.24, 2.45) is 0 Å². The summed E-state index contributed by atoms with van der Waals surface area (Å²) in [6, 6.07) is 0. The number of rotatable bonds is 2. The molecular weight excluding hydrogens is 234 g/mol. The zero-order valence-corrected chi connectivity index (χ0v) is 10.4. The second-order valence-electron chi connectivity index (χ2n) is 2.98. The molecule has 0 aromatic carbocycles. The van der Waals surface area contributed by atoms with Gasteiger partial charge in [0.2, 0.25) is 0 Å². The van der Waals surface area contributed by atoms with Gasteiger partial charge in [-0.1, -0.05) is 0 Å². The van der Waals surface area contributed by atoms with Crippen molar-refractivity contribution in [1.29, 1.82) is 0 Å². The first-order chi connectivity index (χ1) is 3.89. The third-order valence-electron chi connectivity index (χ3n) is 1.54. The summed E-state index contributed by atoms with van der Waals surface area (Å²) >= 11 is -2.61. The summed E-state index contributed by atoms with van der Waals surface area (Å²) in [5, 5.41) is 0. The van der Waals surface area contributed by atoms with Crippen molar-refractivity contribution in [1.82, 2.24) is 0 Å². The minimum absolute atomic E-state index is 0.530. The predicted octanol–water partition coefficient (Wildman–Crippen LogP) is 4.10. The van der Waals surface area contributed by atoms with E-state index in [2.05, 4.69) is 27.7 Å². The maximum absolute atomic E-state index is 6.18. The van der Waals surface area contributed by atoms with Crippen molar-refractivity contribution >= 4 is 17.0 Å². The van der Waals surface area contributed by atoms with Gasteiger partial charge >= 0.3 is 69.9 Å². The van der Waals surface area contributed by atoms with Gasteiger partial charge in [-0.25, -0.2) is 0 Å². The molecule has 56 valence electrons. The summed E-state index contributed by atoms with van der Waals surface area (Å²) in [6.45, 7) is 8.48. The van der Waals surface area contributed by atoms with Gasteiger partial charge in [0.25, 0.3) is 0 Å². The molecule has 0 aliphatic heterocycles. The van der Waals surface area contributed by atoms with Crippen LogP contribution in [0, 0.1) is 0 Å². The van der Waals surface area contributed by atoms with Gasteiger partial charge in [-0.15, -0.1) is 0 Å². The zero-order valence-electron chi connectivity index (χ0n) is 6.41. The Kier molecular flexibility index (Phi) is 4.35. The van der Waals surface area contributed by atoms with Gasteiger partial charge in [-0.3, -0.25) is 0 Å². The molecule has 0 fully saturated rings. The second kappa shape index (κ2) is 3.74. The Labute approximate surface area is 69.4 Å². The Bertz CT molecular complexity index is 79.1. The molecule has 0 amide bonds. The van der Waals surface area contributed by atoms with Crippen LogP contribution >= 0.6 is 17.0 Å². The Morgan fingerprint density at radius 3 is 1.11 bits per heavy atom. The van der Waals surface area contributed by atoms with E-state index in [1.54, 1.807) is 0 Å². The molecule has 0 saturated heterocycles. The second-order valence-corrected chi connectivity index (χ2v) is 20.5. The van der Waals surface area contributed by atoms with E-state index in [1.807, 2.05) is 0 Å². The average Bonchev–Trinajstić information content (AvgIpc) is 1.65. The van der Waals surface area contributed by atoms with Gasteiger partial charge in [-0.2, -0.15) is 0 Å². The van der Waals surface area contributed by atoms with E-state index >= 15 is 0 Å².